The fraction of sp³-hybridized carbons (Fsp3) is 0. The van der Waals surface area contributed by atoms with Crippen molar-refractivity contribution in [2.75, 3.05) is 0 Å². The Morgan fingerprint density at radius 1 is 1.83 bits per heavy atom. The minimum absolute atomic E-state index is 0.658. The highest BCUT2D eigenvalue weighted by Crippen LogP contribution is 1.59. The van der Waals surface area contributed by atoms with Gasteiger partial charge in [-0.1, -0.05) is 6.58 Å². The summed E-state index contributed by atoms with van der Waals surface area (Å²) in [6.07, 6.45) is 3.07. The number of nitrogens with zero attached hydrogens (tertiary/aromatic N) is 1. The molecule has 0 saturated carbocycles. The molecule has 0 rings (SSSR count). The normalized spacial score (nSPS) is 9.33. The Bertz CT molecular complexity index is 61.8. The predicted molar refractivity (Wildman–Crippen MR) is 29.7 cm³/mol. The van der Waals surface area contributed by atoms with Crippen LogP contribution in [0.25, 0.3) is 0 Å². The van der Waals surface area contributed by atoms with E-state index >= 15 is 0 Å². The van der Waals surface area contributed by atoms with E-state index in [1.165, 1.54) is 6.21 Å². The number of oxime groups is 1. The third-order valence-electron chi connectivity index (χ3n) is 0.272. The zero-order valence-electron chi connectivity index (χ0n) is 3.72. The molecule has 0 aromatic heterocycles. The minimum Gasteiger partial charge on any atom is -0.467 e. The molecule has 0 spiro atoms. The molecule has 6 heavy (non-hydrogen) atoms. The van der Waals surface area contributed by atoms with E-state index in [0.29, 0.717) is 10.5 Å². The van der Waals surface area contributed by atoms with Gasteiger partial charge in [0.25, 0.3) is 0 Å². The molecule has 3 heteroatoms. The number of rotatable bonds is 2. The van der Waals surface area contributed by atoms with Crippen LogP contribution in [0.15, 0.2) is 17.8 Å². The van der Waals surface area contributed by atoms with Gasteiger partial charge in [-0.3, -0.25) is 0 Å². The van der Waals surface area contributed by atoms with Gasteiger partial charge < -0.3 is 4.53 Å². The molecule has 0 N–H and O–H groups in total. The topological polar surface area (TPSA) is 21.6 Å². The smallest absolute Gasteiger partial charge is 0.242 e. The first-order valence-electron chi connectivity index (χ1n) is 1.59. The van der Waals surface area contributed by atoms with E-state index in [2.05, 4.69) is 16.3 Å². The Balaban J connectivity index is 2.94. The van der Waals surface area contributed by atoms with E-state index < -0.39 is 0 Å². The molecule has 0 heterocycles. The molecule has 2 nitrogen and oxygen atoms in total. The zero-order chi connectivity index (χ0) is 4.83. The molecule has 0 radical (unpaired) electrons. The average molecular weight is 101 g/mol. The standard InChI is InChI=1S/C3H7NOSi/c1-2-3-4-5-6/h2-3H,1H2,6H3. The molecule has 0 aliphatic rings. The van der Waals surface area contributed by atoms with Crippen molar-refractivity contribution < 1.29 is 4.53 Å². The molecule has 0 atom stereocenters. The maximum Gasteiger partial charge on any atom is 0.242 e. The number of hydrogen-bond acceptors (Lipinski definition) is 2. The summed E-state index contributed by atoms with van der Waals surface area (Å²) >= 11 is 0. The van der Waals surface area contributed by atoms with Crippen LogP contribution in [-0.2, 0) is 4.53 Å². The molecule has 0 fully saturated rings. The Kier molecular flexibility index (Phi) is 4.00. The van der Waals surface area contributed by atoms with Gasteiger partial charge in [-0.25, -0.2) is 0 Å². The summed E-state index contributed by atoms with van der Waals surface area (Å²) in [4.78, 5) is 0. The van der Waals surface area contributed by atoms with Gasteiger partial charge in [0.05, 0.1) is 6.21 Å². The molecule has 0 unspecified atom stereocenters. The first-order valence-corrected chi connectivity index (χ1v) is 2.41. The van der Waals surface area contributed by atoms with Gasteiger partial charge in [-0.05, 0) is 6.08 Å². The SMILES string of the molecule is C=CC=NO[SiH3]. The van der Waals surface area contributed by atoms with Crippen molar-refractivity contribution in [3.05, 3.63) is 12.7 Å². The highest BCUT2D eigenvalue weighted by atomic mass is 28.2. The molecule has 0 aromatic rings. The summed E-state index contributed by atoms with van der Waals surface area (Å²) in [6.45, 7) is 3.38. The van der Waals surface area contributed by atoms with Crippen molar-refractivity contribution in [1.82, 2.24) is 0 Å². The van der Waals surface area contributed by atoms with E-state index in [0.717, 1.165) is 0 Å². The lowest BCUT2D eigenvalue weighted by atomic mass is 10.7. The second kappa shape index (κ2) is 4.43. The molecule has 0 bridgehead atoms. The molecular formula is C3H7NOSi. The Morgan fingerprint density at radius 2 is 2.50 bits per heavy atom. The third kappa shape index (κ3) is 3.43. The summed E-state index contributed by atoms with van der Waals surface area (Å²) < 4.78 is 4.42. The second-order valence-corrected chi connectivity index (χ2v) is 1.04. The first-order chi connectivity index (χ1) is 2.91. The maximum atomic E-state index is 4.42. The van der Waals surface area contributed by atoms with Crippen molar-refractivity contribution in [1.29, 1.82) is 0 Å². The van der Waals surface area contributed by atoms with Crippen LogP contribution in [0.5, 0.6) is 0 Å². The lowest BCUT2D eigenvalue weighted by molar-refractivity contribution is 0.381. The van der Waals surface area contributed by atoms with Crippen LogP contribution in [0.4, 0.5) is 0 Å². The van der Waals surface area contributed by atoms with E-state index in [1.54, 1.807) is 6.08 Å². The average Bonchev–Trinajstić information content (AvgIpc) is 1.61. The van der Waals surface area contributed by atoms with Crippen molar-refractivity contribution >= 4 is 16.7 Å². The van der Waals surface area contributed by atoms with E-state index in [1.807, 2.05) is 0 Å². The summed E-state index contributed by atoms with van der Waals surface area (Å²) in [5.74, 6) is 0. The quantitative estimate of drug-likeness (QED) is 0.260. The second-order valence-electron chi connectivity index (χ2n) is 0.673. The van der Waals surface area contributed by atoms with E-state index in [4.69, 9.17) is 0 Å². The van der Waals surface area contributed by atoms with Crippen molar-refractivity contribution in [3.8, 4) is 0 Å². The van der Waals surface area contributed by atoms with Gasteiger partial charge >= 0.3 is 0 Å². The van der Waals surface area contributed by atoms with Crippen LogP contribution >= 0.6 is 0 Å². The maximum absolute atomic E-state index is 4.42. The minimum atomic E-state index is 0.658. The van der Waals surface area contributed by atoms with Gasteiger partial charge in [0.1, 0.15) is 0 Å². The van der Waals surface area contributed by atoms with Crippen molar-refractivity contribution in [2.24, 2.45) is 5.16 Å². The largest absolute Gasteiger partial charge is 0.467 e. The number of hydrogen-bond donors (Lipinski definition) is 0. The summed E-state index contributed by atoms with van der Waals surface area (Å²) in [6, 6.07) is 0. The zero-order valence-corrected chi connectivity index (χ0v) is 5.72. The van der Waals surface area contributed by atoms with Gasteiger partial charge in [0, 0.05) is 0 Å². The Hall–Kier alpha value is -0.573. The fourth-order valence-corrected chi connectivity index (χ4v) is 0.226. The monoisotopic (exact) mass is 101 g/mol. The van der Waals surface area contributed by atoms with Crippen LogP contribution in [-0.4, -0.2) is 16.7 Å². The molecule has 0 aromatic carbocycles. The fourth-order valence-electron chi connectivity index (χ4n) is 0.104. The molecule has 0 aliphatic carbocycles. The van der Waals surface area contributed by atoms with Crippen molar-refractivity contribution in [2.45, 2.75) is 0 Å². The summed E-state index contributed by atoms with van der Waals surface area (Å²) in [5.41, 5.74) is 0. The van der Waals surface area contributed by atoms with Gasteiger partial charge in [0.2, 0.25) is 10.5 Å². The molecule has 34 valence electrons. The Labute approximate surface area is 40.0 Å². The summed E-state index contributed by atoms with van der Waals surface area (Å²) in [5, 5.41) is 3.41. The first kappa shape index (κ1) is 5.43. The van der Waals surface area contributed by atoms with Crippen molar-refractivity contribution in [3.63, 3.8) is 0 Å². The van der Waals surface area contributed by atoms with Crippen LogP contribution in [0.2, 0.25) is 0 Å². The van der Waals surface area contributed by atoms with E-state index in [9.17, 15) is 0 Å². The predicted octanol–water partition coefficient (Wildman–Crippen LogP) is -0.545. The third-order valence-corrected chi connectivity index (χ3v) is 0.482. The number of allylic oxidation sites excluding steroid dienone is 1. The molecule has 0 aliphatic heterocycles. The molecule has 0 saturated heterocycles. The molecule has 0 amide bonds. The lowest BCUT2D eigenvalue weighted by Gasteiger charge is -1.78. The van der Waals surface area contributed by atoms with Gasteiger partial charge in [-0.15, -0.1) is 5.16 Å². The highest BCUT2D eigenvalue weighted by Gasteiger charge is 1.51. The van der Waals surface area contributed by atoms with Crippen LogP contribution in [0, 0.1) is 0 Å². The van der Waals surface area contributed by atoms with Crippen LogP contribution < -0.4 is 0 Å². The van der Waals surface area contributed by atoms with Gasteiger partial charge in [0.15, 0.2) is 0 Å². The van der Waals surface area contributed by atoms with Gasteiger partial charge in [-0.2, -0.15) is 0 Å². The lowest BCUT2D eigenvalue weighted by Crippen LogP contribution is -1.68. The van der Waals surface area contributed by atoms with Crippen LogP contribution in [0.3, 0.4) is 0 Å². The Morgan fingerprint density at radius 3 is 2.67 bits per heavy atom. The summed E-state index contributed by atoms with van der Waals surface area (Å²) in [7, 11) is 0.658. The highest BCUT2D eigenvalue weighted by molar-refractivity contribution is 5.98. The molecular weight excluding hydrogens is 94.1 g/mol. The van der Waals surface area contributed by atoms with E-state index in [-0.39, 0.29) is 0 Å². The van der Waals surface area contributed by atoms with Crippen LogP contribution in [0.1, 0.15) is 0 Å².